The number of hydrogen-bond donors (Lipinski definition) is 2. The first-order valence-corrected chi connectivity index (χ1v) is 17.5. The van der Waals surface area contributed by atoms with Crippen LogP contribution in [-0.2, 0) is 31.1 Å². The molecule has 6 atom stereocenters. The van der Waals surface area contributed by atoms with Gasteiger partial charge in [0.05, 0.1) is 47.5 Å². The fourth-order valence-corrected chi connectivity index (χ4v) is 9.36. The molecule has 4 amide bonds. The summed E-state index contributed by atoms with van der Waals surface area (Å²) in [5, 5.41) is 12.4. The van der Waals surface area contributed by atoms with Crippen LogP contribution in [0.15, 0.2) is 109 Å². The van der Waals surface area contributed by atoms with Gasteiger partial charge < -0.3 is 9.84 Å². The number of amides is 4. The van der Waals surface area contributed by atoms with Crippen molar-refractivity contribution in [3.63, 3.8) is 0 Å². The Morgan fingerprint density at radius 3 is 2.33 bits per heavy atom. The van der Waals surface area contributed by atoms with E-state index in [0.717, 1.165) is 16.1 Å². The minimum atomic E-state index is -1.51. The fraction of sp³-hybridized carbons (Fsp3) is 0.250. The number of anilines is 1. The van der Waals surface area contributed by atoms with Crippen LogP contribution in [0.25, 0.3) is 0 Å². The Kier molecular flexibility index (Phi) is 8.15. The molecule has 2 heterocycles. The largest absolute Gasteiger partial charge is 0.508 e. The second-order valence-electron chi connectivity index (χ2n) is 13.6. The van der Waals surface area contributed by atoms with Crippen LogP contribution in [0.3, 0.4) is 0 Å². The molecule has 51 heavy (non-hydrogen) atoms. The van der Waals surface area contributed by atoms with E-state index in [9.17, 15) is 19.5 Å². The molecule has 9 nitrogen and oxygen atoms in total. The molecule has 4 aromatic carbocycles. The van der Waals surface area contributed by atoms with E-state index < -0.39 is 46.8 Å². The van der Waals surface area contributed by atoms with E-state index in [2.05, 4.69) is 5.43 Å². The van der Waals surface area contributed by atoms with E-state index in [4.69, 9.17) is 27.9 Å². The standard InChI is InChI=1S/C40H33Cl2N3O6/c1-51-27-13-10-24(11-14-27)40-31(37(48)45(39(40)50)43-33-17-12-25(41)19-32(33)42)20-30-28(35(40)23-8-5-9-26(46)18-23)15-16-29-34(30)38(49)44(36(29)47)21-22-6-3-2-4-7-22/h2-15,17-19,29-31,34-35,43,46H,16,20-21H2,1H3. The molecule has 0 spiro atoms. The molecule has 0 aromatic heterocycles. The lowest BCUT2D eigenvalue weighted by Gasteiger charge is -2.50. The van der Waals surface area contributed by atoms with Crippen molar-refractivity contribution in [2.45, 2.75) is 30.7 Å². The average molecular weight is 723 g/mol. The molecule has 1 saturated carbocycles. The first-order valence-electron chi connectivity index (χ1n) is 16.8. The third-order valence-corrected chi connectivity index (χ3v) is 11.6. The van der Waals surface area contributed by atoms with Gasteiger partial charge >= 0.3 is 0 Å². The van der Waals surface area contributed by atoms with E-state index in [1.807, 2.05) is 42.5 Å². The van der Waals surface area contributed by atoms with Crippen LogP contribution >= 0.6 is 23.2 Å². The summed E-state index contributed by atoms with van der Waals surface area (Å²) >= 11 is 12.7. The maximum Gasteiger partial charge on any atom is 0.260 e. The molecule has 0 bridgehead atoms. The van der Waals surface area contributed by atoms with E-state index in [-0.39, 0.29) is 35.6 Å². The number of nitrogens with one attached hydrogen (secondary N) is 1. The Balaban J connectivity index is 1.30. The maximum atomic E-state index is 15.3. The smallest absolute Gasteiger partial charge is 0.260 e. The molecule has 8 rings (SSSR count). The zero-order valence-electron chi connectivity index (χ0n) is 27.5. The third kappa shape index (κ3) is 5.13. The lowest BCUT2D eigenvalue weighted by Crippen LogP contribution is -2.53. The van der Waals surface area contributed by atoms with Crippen molar-refractivity contribution in [1.82, 2.24) is 9.91 Å². The van der Waals surface area contributed by atoms with Crippen molar-refractivity contribution < 1.29 is 29.0 Å². The number of ether oxygens (including phenoxy) is 1. The molecule has 3 fully saturated rings. The molecule has 2 saturated heterocycles. The quantitative estimate of drug-likeness (QED) is 0.158. The average Bonchev–Trinajstić information content (AvgIpc) is 3.50. The molecular weight excluding hydrogens is 689 g/mol. The number of phenols is 1. The molecule has 6 unspecified atom stereocenters. The Morgan fingerprint density at radius 1 is 0.863 bits per heavy atom. The number of methoxy groups -OCH3 is 1. The molecule has 0 radical (unpaired) electrons. The number of aromatic hydroxyl groups is 1. The number of carbonyl (C=O) groups is 4. The number of rotatable bonds is 7. The normalized spacial score (nSPS) is 26.8. The van der Waals surface area contributed by atoms with Crippen LogP contribution < -0.4 is 10.2 Å². The second kappa shape index (κ2) is 12.6. The van der Waals surface area contributed by atoms with E-state index in [0.29, 0.717) is 34.0 Å². The van der Waals surface area contributed by atoms with Crippen LogP contribution in [0.2, 0.25) is 10.0 Å². The Bertz CT molecular complexity index is 2120. The highest BCUT2D eigenvalue weighted by Gasteiger charge is 2.70. The predicted molar refractivity (Wildman–Crippen MR) is 191 cm³/mol. The molecule has 2 aliphatic heterocycles. The van der Waals surface area contributed by atoms with Gasteiger partial charge in [0.2, 0.25) is 11.8 Å². The van der Waals surface area contributed by atoms with Gasteiger partial charge in [-0.2, -0.15) is 5.01 Å². The molecular formula is C40H33Cl2N3O6. The number of fused-ring (bicyclic) bond motifs is 4. The van der Waals surface area contributed by atoms with Gasteiger partial charge in [0.1, 0.15) is 11.5 Å². The summed E-state index contributed by atoms with van der Waals surface area (Å²) < 4.78 is 5.45. The van der Waals surface area contributed by atoms with Gasteiger partial charge in [0.15, 0.2) is 0 Å². The molecule has 2 aliphatic carbocycles. The number of likely N-dealkylation sites (tertiary alicyclic amines) is 1. The number of imide groups is 2. The van der Waals surface area contributed by atoms with Crippen molar-refractivity contribution in [3.8, 4) is 11.5 Å². The summed E-state index contributed by atoms with van der Waals surface area (Å²) in [5.74, 6) is -4.54. The highest BCUT2D eigenvalue weighted by Crippen LogP contribution is 2.64. The fourth-order valence-electron chi connectivity index (χ4n) is 8.91. The summed E-state index contributed by atoms with van der Waals surface area (Å²) in [6, 6.07) is 27.9. The number of nitrogens with zero attached hydrogens (tertiary/aromatic N) is 2. The van der Waals surface area contributed by atoms with E-state index in [1.165, 1.54) is 11.0 Å². The molecule has 4 aliphatic rings. The van der Waals surface area contributed by atoms with E-state index in [1.54, 1.807) is 61.7 Å². The van der Waals surface area contributed by atoms with Crippen LogP contribution in [0.1, 0.15) is 35.4 Å². The number of carbonyl (C=O) groups excluding carboxylic acids is 4. The van der Waals surface area contributed by atoms with Crippen LogP contribution in [-0.4, -0.2) is 45.8 Å². The monoisotopic (exact) mass is 721 g/mol. The van der Waals surface area contributed by atoms with Crippen molar-refractivity contribution in [2.24, 2.45) is 23.7 Å². The zero-order valence-corrected chi connectivity index (χ0v) is 29.0. The highest BCUT2D eigenvalue weighted by atomic mass is 35.5. The predicted octanol–water partition coefficient (Wildman–Crippen LogP) is 6.89. The Morgan fingerprint density at radius 2 is 1.63 bits per heavy atom. The van der Waals surface area contributed by atoms with Gasteiger partial charge in [-0.15, -0.1) is 0 Å². The van der Waals surface area contributed by atoms with Crippen LogP contribution in [0.4, 0.5) is 5.69 Å². The van der Waals surface area contributed by atoms with Gasteiger partial charge in [-0.25, -0.2) is 0 Å². The second-order valence-corrected chi connectivity index (χ2v) is 14.4. The zero-order chi connectivity index (χ0) is 35.6. The number of phenolic OH excluding ortho intramolecular Hbond substituents is 1. The number of allylic oxidation sites excluding steroid dienone is 2. The summed E-state index contributed by atoms with van der Waals surface area (Å²) in [7, 11) is 1.55. The first kappa shape index (κ1) is 33.0. The lowest BCUT2D eigenvalue weighted by atomic mass is 9.49. The number of hydrazine groups is 1. The SMILES string of the molecule is COc1ccc(C23C(=O)N(Nc4ccc(Cl)cc4Cl)C(=O)C2CC2C(=CCC4C(=O)N(Cc5ccccc5)C(=O)C42)C3c2cccc(O)c2)cc1. The van der Waals surface area contributed by atoms with Crippen molar-refractivity contribution >= 4 is 52.5 Å². The summed E-state index contributed by atoms with van der Waals surface area (Å²) in [5.41, 5.74) is 4.61. The summed E-state index contributed by atoms with van der Waals surface area (Å²) in [4.78, 5) is 59.7. The van der Waals surface area contributed by atoms with Crippen LogP contribution in [0.5, 0.6) is 11.5 Å². The van der Waals surface area contributed by atoms with Gasteiger partial charge in [-0.1, -0.05) is 89.4 Å². The molecule has 2 N–H and O–H groups in total. The number of benzene rings is 4. The minimum absolute atomic E-state index is 0.00815. The third-order valence-electron chi connectivity index (χ3n) is 11.1. The first-order chi connectivity index (χ1) is 24.6. The van der Waals surface area contributed by atoms with Gasteiger partial charge in [-0.3, -0.25) is 29.5 Å². The molecule has 4 aromatic rings. The maximum absolute atomic E-state index is 15.3. The number of hydrogen-bond acceptors (Lipinski definition) is 7. The van der Waals surface area contributed by atoms with Crippen molar-refractivity contribution in [1.29, 1.82) is 0 Å². The van der Waals surface area contributed by atoms with Gasteiger partial charge in [0.25, 0.3) is 11.8 Å². The summed E-state index contributed by atoms with van der Waals surface area (Å²) in [6.07, 6.45) is 2.43. The Hall–Kier alpha value is -5.12. The van der Waals surface area contributed by atoms with Gasteiger partial charge in [-0.05, 0) is 77.9 Å². The van der Waals surface area contributed by atoms with Gasteiger partial charge in [0, 0.05) is 10.9 Å². The van der Waals surface area contributed by atoms with E-state index >= 15 is 4.79 Å². The molecule has 11 heteroatoms. The Labute approximate surface area is 304 Å². The molecule has 258 valence electrons. The lowest BCUT2D eigenvalue weighted by molar-refractivity contribution is -0.142. The minimum Gasteiger partial charge on any atom is -0.508 e. The highest BCUT2D eigenvalue weighted by molar-refractivity contribution is 6.36. The number of halogens is 2. The summed E-state index contributed by atoms with van der Waals surface area (Å²) in [6.45, 7) is 0.153. The van der Waals surface area contributed by atoms with Crippen molar-refractivity contribution in [3.05, 3.63) is 135 Å². The topological polar surface area (TPSA) is 116 Å². The van der Waals surface area contributed by atoms with Crippen molar-refractivity contribution in [2.75, 3.05) is 12.5 Å². The van der Waals surface area contributed by atoms with Crippen LogP contribution in [0, 0.1) is 23.7 Å².